The molecule has 0 aliphatic carbocycles. The Kier molecular flexibility index (Phi) is 4.79. The van der Waals surface area contributed by atoms with Crippen molar-refractivity contribution in [1.82, 2.24) is 0 Å². The molecule has 0 aromatic heterocycles. The number of hydrogen-bond donors (Lipinski definition) is 0. The van der Waals surface area contributed by atoms with Crippen LogP contribution in [0.5, 0.6) is 11.5 Å². The highest BCUT2D eigenvalue weighted by Crippen LogP contribution is 2.35. The molecule has 0 saturated carbocycles. The summed E-state index contributed by atoms with van der Waals surface area (Å²) in [5.74, 6) is 0.309. The second kappa shape index (κ2) is 7.03. The van der Waals surface area contributed by atoms with E-state index in [9.17, 15) is 14.9 Å². The van der Waals surface area contributed by atoms with Gasteiger partial charge in [0.25, 0.3) is 11.6 Å². The van der Waals surface area contributed by atoms with Gasteiger partial charge in [0.2, 0.25) is 0 Å². The Hall–Kier alpha value is -3.09. The van der Waals surface area contributed by atoms with E-state index in [1.807, 2.05) is 31.2 Å². The van der Waals surface area contributed by atoms with Crippen LogP contribution in [0, 0.1) is 10.1 Å². The van der Waals surface area contributed by atoms with Gasteiger partial charge in [0.05, 0.1) is 18.1 Å². The molecule has 26 heavy (non-hydrogen) atoms. The summed E-state index contributed by atoms with van der Waals surface area (Å²) in [5.41, 5.74) is 1.88. The molecule has 2 atom stereocenters. The number of nitro benzene ring substituents is 1. The Morgan fingerprint density at radius 3 is 2.69 bits per heavy atom. The van der Waals surface area contributed by atoms with Crippen LogP contribution in [0.25, 0.3) is 0 Å². The summed E-state index contributed by atoms with van der Waals surface area (Å²) in [6, 6.07) is 11.8. The number of anilines is 1. The molecule has 2 aromatic carbocycles. The van der Waals surface area contributed by atoms with Crippen molar-refractivity contribution in [1.29, 1.82) is 0 Å². The smallest absolute Gasteiger partial charge is 0.273 e. The molecule has 0 N–H and O–H groups in total. The van der Waals surface area contributed by atoms with Crippen LogP contribution in [0.3, 0.4) is 0 Å². The average molecular weight is 356 g/mol. The third-order valence-corrected chi connectivity index (χ3v) is 4.45. The number of methoxy groups -OCH3 is 1. The summed E-state index contributed by atoms with van der Waals surface area (Å²) >= 11 is 0. The molecule has 0 saturated heterocycles. The molecular formula is C19H20N2O5. The van der Waals surface area contributed by atoms with Crippen molar-refractivity contribution in [2.75, 3.05) is 12.0 Å². The molecule has 0 spiro atoms. The first-order valence-electron chi connectivity index (χ1n) is 8.32. The van der Waals surface area contributed by atoms with E-state index in [1.54, 1.807) is 11.8 Å². The molecule has 1 aliphatic heterocycles. The summed E-state index contributed by atoms with van der Waals surface area (Å²) in [6.45, 7) is 3.62. The van der Waals surface area contributed by atoms with Gasteiger partial charge in [0, 0.05) is 17.8 Å². The van der Waals surface area contributed by atoms with Crippen molar-refractivity contribution >= 4 is 17.3 Å². The molecule has 0 fully saturated rings. The fourth-order valence-corrected chi connectivity index (χ4v) is 3.21. The number of rotatable bonds is 5. The maximum Gasteiger partial charge on any atom is 0.273 e. The zero-order chi connectivity index (χ0) is 18.8. The standard InChI is InChI=1S/C19H20N2O5/c1-12-10-14-6-4-5-7-16(14)20(12)19(22)13(2)26-18-11-15(21(23)24)8-9-17(18)25-3/h4-9,11-13H,10H2,1-3H3. The third-order valence-electron chi connectivity index (χ3n) is 4.45. The monoisotopic (exact) mass is 356 g/mol. The van der Waals surface area contributed by atoms with Crippen LogP contribution in [0.1, 0.15) is 19.4 Å². The second-order valence-corrected chi connectivity index (χ2v) is 6.24. The van der Waals surface area contributed by atoms with Gasteiger partial charge in [-0.05, 0) is 38.0 Å². The zero-order valence-corrected chi connectivity index (χ0v) is 14.8. The van der Waals surface area contributed by atoms with Crippen LogP contribution in [-0.2, 0) is 11.2 Å². The number of benzene rings is 2. The highest BCUT2D eigenvalue weighted by Gasteiger charge is 2.34. The normalized spacial score (nSPS) is 16.7. The quantitative estimate of drug-likeness (QED) is 0.606. The Bertz CT molecular complexity index is 852. The first-order chi connectivity index (χ1) is 12.4. The van der Waals surface area contributed by atoms with Crippen LogP contribution in [-0.4, -0.2) is 30.1 Å². The van der Waals surface area contributed by atoms with Gasteiger partial charge in [-0.1, -0.05) is 18.2 Å². The van der Waals surface area contributed by atoms with Gasteiger partial charge in [-0.3, -0.25) is 14.9 Å². The number of fused-ring (bicyclic) bond motifs is 1. The van der Waals surface area contributed by atoms with Crippen molar-refractivity contribution in [3.05, 3.63) is 58.1 Å². The van der Waals surface area contributed by atoms with E-state index >= 15 is 0 Å². The van der Waals surface area contributed by atoms with E-state index in [0.29, 0.717) is 5.75 Å². The first-order valence-corrected chi connectivity index (χ1v) is 8.32. The van der Waals surface area contributed by atoms with Crippen molar-refractivity contribution in [3.8, 4) is 11.5 Å². The van der Waals surface area contributed by atoms with Gasteiger partial charge in [0.1, 0.15) is 0 Å². The number of nitrogens with zero attached hydrogens (tertiary/aromatic N) is 2. The number of carbonyl (C=O) groups excluding carboxylic acids is 1. The number of ether oxygens (including phenoxy) is 2. The minimum absolute atomic E-state index is 0.0259. The highest BCUT2D eigenvalue weighted by atomic mass is 16.6. The molecule has 1 amide bonds. The van der Waals surface area contributed by atoms with Crippen molar-refractivity contribution < 1.29 is 19.2 Å². The second-order valence-electron chi connectivity index (χ2n) is 6.24. The van der Waals surface area contributed by atoms with E-state index in [4.69, 9.17) is 9.47 Å². The van der Waals surface area contributed by atoms with Crippen LogP contribution in [0.15, 0.2) is 42.5 Å². The van der Waals surface area contributed by atoms with Gasteiger partial charge in [0.15, 0.2) is 17.6 Å². The topological polar surface area (TPSA) is 81.9 Å². The Balaban J connectivity index is 1.84. The lowest BCUT2D eigenvalue weighted by Crippen LogP contribution is -2.43. The number of non-ortho nitro benzene ring substituents is 1. The molecule has 2 aromatic rings. The van der Waals surface area contributed by atoms with Gasteiger partial charge >= 0.3 is 0 Å². The van der Waals surface area contributed by atoms with E-state index < -0.39 is 11.0 Å². The number of amides is 1. The van der Waals surface area contributed by atoms with E-state index in [-0.39, 0.29) is 23.4 Å². The summed E-state index contributed by atoms with van der Waals surface area (Å²) in [5, 5.41) is 11.0. The fraction of sp³-hybridized carbons (Fsp3) is 0.316. The summed E-state index contributed by atoms with van der Waals surface area (Å²) in [4.78, 5) is 25.2. The Morgan fingerprint density at radius 2 is 2.00 bits per heavy atom. The maximum absolute atomic E-state index is 13.0. The van der Waals surface area contributed by atoms with Gasteiger partial charge in [-0.25, -0.2) is 0 Å². The SMILES string of the molecule is COc1ccc([N+](=O)[O-])cc1OC(C)C(=O)N1c2ccccc2CC1C. The lowest BCUT2D eigenvalue weighted by molar-refractivity contribution is -0.385. The van der Waals surface area contributed by atoms with Crippen LogP contribution in [0.2, 0.25) is 0 Å². The van der Waals surface area contributed by atoms with Gasteiger partial charge < -0.3 is 14.4 Å². The molecule has 136 valence electrons. The molecule has 0 bridgehead atoms. The molecule has 7 nitrogen and oxygen atoms in total. The fourth-order valence-electron chi connectivity index (χ4n) is 3.21. The summed E-state index contributed by atoms with van der Waals surface area (Å²) < 4.78 is 10.9. The van der Waals surface area contributed by atoms with E-state index in [2.05, 4.69) is 0 Å². The van der Waals surface area contributed by atoms with Crippen molar-refractivity contribution in [2.24, 2.45) is 0 Å². The summed E-state index contributed by atoms with van der Waals surface area (Å²) in [6.07, 6.45) is -0.0334. The molecular weight excluding hydrogens is 336 g/mol. The van der Waals surface area contributed by atoms with Crippen LogP contribution >= 0.6 is 0 Å². The lowest BCUT2D eigenvalue weighted by atomic mass is 10.1. The minimum atomic E-state index is -0.820. The molecule has 7 heteroatoms. The summed E-state index contributed by atoms with van der Waals surface area (Å²) in [7, 11) is 1.44. The molecule has 1 heterocycles. The van der Waals surface area contributed by atoms with Crippen LogP contribution in [0.4, 0.5) is 11.4 Å². The molecule has 2 unspecified atom stereocenters. The molecule has 3 rings (SSSR count). The lowest BCUT2D eigenvalue weighted by Gasteiger charge is -2.26. The average Bonchev–Trinajstić information content (AvgIpc) is 2.96. The highest BCUT2D eigenvalue weighted by molar-refractivity contribution is 5.99. The number of nitro groups is 1. The minimum Gasteiger partial charge on any atom is -0.493 e. The van der Waals surface area contributed by atoms with Gasteiger partial charge in [-0.15, -0.1) is 0 Å². The van der Waals surface area contributed by atoms with Crippen molar-refractivity contribution in [2.45, 2.75) is 32.4 Å². The van der Waals surface area contributed by atoms with Gasteiger partial charge in [-0.2, -0.15) is 0 Å². The van der Waals surface area contributed by atoms with Crippen LogP contribution < -0.4 is 14.4 Å². The number of carbonyl (C=O) groups is 1. The molecule has 1 aliphatic rings. The predicted octanol–water partition coefficient (Wildman–Crippen LogP) is 3.35. The van der Waals surface area contributed by atoms with Crippen molar-refractivity contribution in [3.63, 3.8) is 0 Å². The Labute approximate surface area is 151 Å². The van der Waals surface area contributed by atoms with E-state index in [1.165, 1.54) is 25.3 Å². The Morgan fingerprint density at radius 1 is 1.27 bits per heavy atom. The first kappa shape index (κ1) is 17.7. The number of para-hydroxylation sites is 1. The molecule has 0 radical (unpaired) electrons. The predicted molar refractivity (Wildman–Crippen MR) is 96.8 cm³/mol. The zero-order valence-electron chi connectivity index (χ0n) is 14.8. The number of hydrogen-bond acceptors (Lipinski definition) is 5. The van der Waals surface area contributed by atoms with E-state index in [0.717, 1.165) is 17.7 Å². The third kappa shape index (κ3) is 3.20. The maximum atomic E-state index is 13.0. The largest absolute Gasteiger partial charge is 0.493 e.